The lowest BCUT2D eigenvalue weighted by atomic mass is 9.92. The molecule has 1 aliphatic rings. The Bertz CT molecular complexity index is 728. The minimum Gasteiger partial charge on any atom is -0.339 e. The molecule has 3 heterocycles. The monoisotopic (exact) mass is 311 g/mol. The third-order valence-electron chi connectivity index (χ3n) is 4.29. The van der Waals surface area contributed by atoms with E-state index in [4.69, 9.17) is 0 Å². The van der Waals surface area contributed by atoms with E-state index in [1.54, 1.807) is 25.5 Å². The fourth-order valence-corrected chi connectivity index (χ4v) is 3.04. The van der Waals surface area contributed by atoms with Gasteiger partial charge in [-0.25, -0.2) is 9.97 Å². The van der Waals surface area contributed by atoms with Crippen LogP contribution in [0.15, 0.2) is 36.9 Å². The molecule has 1 amide bonds. The van der Waals surface area contributed by atoms with Gasteiger partial charge in [0.1, 0.15) is 5.82 Å². The van der Waals surface area contributed by atoms with Gasteiger partial charge in [-0.2, -0.15) is 0 Å². The van der Waals surface area contributed by atoms with E-state index in [-0.39, 0.29) is 5.91 Å². The summed E-state index contributed by atoms with van der Waals surface area (Å²) in [5.41, 5.74) is 1.58. The van der Waals surface area contributed by atoms with E-state index < -0.39 is 0 Å². The highest BCUT2D eigenvalue weighted by Crippen LogP contribution is 2.30. The molecule has 0 aromatic carbocycles. The average Bonchev–Trinajstić information content (AvgIpc) is 3.00. The van der Waals surface area contributed by atoms with Crippen LogP contribution in [-0.2, 0) is 4.79 Å². The summed E-state index contributed by atoms with van der Waals surface area (Å²) in [6.07, 6.45) is 8.88. The number of hydrogen-bond donors (Lipinski definition) is 0. The normalized spacial score (nSPS) is 15.7. The minimum atomic E-state index is 0.0493. The summed E-state index contributed by atoms with van der Waals surface area (Å²) < 4.78 is 1.97. The molecule has 0 saturated carbocycles. The van der Waals surface area contributed by atoms with Crippen molar-refractivity contribution in [3.05, 3.63) is 48.5 Å². The van der Waals surface area contributed by atoms with Crippen molar-refractivity contribution in [2.24, 2.45) is 0 Å². The Hall–Kier alpha value is -2.50. The van der Waals surface area contributed by atoms with E-state index >= 15 is 0 Å². The van der Waals surface area contributed by atoms with Gasteiger partial charge in [-0.3, -0.25) is 14.3 Å². The summed E-state index contributed by atoms with van der Waals surface area (Å²) in [7, 11) is 0. The van der Waals surface area contributed by atoms with Gasteiger partial charge in [0.25, 0.3) is 0 Å². The Morgan fingerprint density at radius 3 is 2.48 bits per heavy atom. The lowest BCUT2D eigenvalue weighted by Crippen LogP contribution is -2.38. The first-order valence-corrected chi connectivity index (χ1v) is 7.84. The molecule has 0 spiro atoms. The highest BCUT2D eigenvalue weighted by Gasteiger charge is 2.27. The van der Waals surface area contributed by atoms with Crippen molar-refractivity contribution in [3.8, 4) is 5.82 Å². The van der Waals surface area contributed by atoms with Crippen molar-refractivity contribution in [3.63, 3.8) is 0 Å². The van der Waals surface area contributed by atoms with Crippen LogP contribution in [0.1, 0.15) is 37.2 Å². The van der Waals surface area contributed by atoms with Crippen LogP contribution in [0.5, 0.6) is 0 Å². The first kappa shape index (κ1) is 15.4. The van der Waals surface area contributed by atoms with Gasteiger partial charge in [0, 0.05) is 49.4 Å². The zero-order valence-corrected chi connectivity index (χ0v) is 13.6. The fourth-order valence-electron chi connectivity index (χ4n) is 3.04. The van der Waals surface area contributed by atoms with Crippen molar-refractivity contribution >= 4 is 5.91 Å². The van der Waals surface area contributed by atoms with Gasteiger partial charge in [0.15, 0.2) is 5.82 Å². The van der Waals surface area contributed by atoms with Gasteiger partial charge in [-0.05, 0) is 26.7 Å². The van der Waals surface area contributed by atoms with Crippen LogP contribution in [-0.4, -0.2) is 43.4 Å². The Labute approximate surface area is 135 Å². The number of aromatic nitrogens is 4. The molecule has 0 radical (unpaired) electrons. The zero-order valence-electron chi connectivity index (χ0n) is 13.6. The Morgan fingerprint density at radius 2 is 1.87 bits per heavy atom. The lowest BCUT2D eigenvalue weighted by molar-refractivity contribution is -0.128. The van der Waals surface area contributed by atoms with E-state index in [2.05, 4.69) is 21.5 Å². The summed E-state index contributed by atoms with van der Waals surface area (Å²) in [4.78, 5) is 27.2. The number of rotatable bonds is 3. The van der Waals surface area contributed by atoms with Crippen LogP contribution < -0.4 is 0 Å². The summed E-state index contributed by atoms with van der Waals surface area (Å²) in [5, 5.41) is 0. The molecule has 0 atom stereocenters. The fraction of sp³-hybridized carbons (Fsp3) is 0.412. The van der Waals surface area contributed by atoms with Crippen LogP contribution in [0.2, 0.25) is 0 Å². The van der Waals surface area contributed by atoms with Crippen molar-refractivity contribution in [1.82, 2.24) is 24.4 Å². The summed E-state index contributed by atoms with van der Waals surface area (Å²) >= 11 is 0. The number of hydrogen-bond acceptors (Lipinski definition) is 4. The Morgan fingerprint density at radius 1 is 1.17 bits per heavy atom. The van der Waals surface area contributed by atoms with Gasteiger partial charge in [0.2, 0.25) is 5.91 Å². The third-order valence-corrected chi connectivity index (χ3v) is 4.29. The molecule has 6 nitrogen and oxygen atoms in total. The van der Waals surface area contributed by atoms with E-state index in [0.717, 1.165) is 43.3 Å². The van der Waals surface area contributed by atoms with E-state index in [9.17, 15) is 4.79 Å². The number of piperidine rings is 1. The molecule has 1 fully saturated rings. The maximum Gasteiger partial charge on any atom is 0.248 e. The molecular weight excluding hydrogens is 290 g/mol. The number of likely N-dealkylation sites (tertiary alicyclic amines) is 1. The molecule has 3 rings (SSSR count). The molecule has 0 aliphatic carbocycles. The molecule has 2 aromatic heterocycles. The van der Waals surface area contributed by atoms with E-state index in [1.165, 1.54) is 0 Å². The first-order valence-electron chi connectivity index (χ1n) is 7.84. The SMILES string of the molecule is C=C(C)C(=O)N1CCC(c2nccnc2-n2ccnc2C)CC1. The van der Waals surface area contributed by atoms with Gasteiger partial charge in [-0.1, -0.05) is 6.58 Å². The van der Waals surface area contributed by atoms with Crippen molar-refractivity contribution < 1.29 is 4.79 Å². The molecule has 6 heteroatoms. The topological polar surface area (TPSA) is 63.9 Å². The van der Waals surface area contributed by atoms with Gasteiger partial charge in [0.05, 0.1) is 5.69 Å². The zero-order chi connectivity index (χ0) is 16.4. The second-order valence-electron chi connectivity index (χ2n) is 5.96. The second kappa shape index (κ2) is 6.32. The molecule has 2 aromatic rings. The third kappa shape index (κ3) is 3.02. The van der Waals surface area contributed by atoms with Crippen LogP contribution in [0, 0.1) is 6.92 Å². The number of carbonyl (C=O) groups excluding carboxylic acids is 1. The van der Waals surface area contributed by atoms with Crippen molar-refractivity contribution in [2.45, 2.75) is 32.6 Å². The molecule has 120 valence electrons. The van der Waals surface area contributed by atoms with Crippen LogP contribution in [0.25, 0.3) is 5.82 Å². The minimum absolute atomic E-state index is 0.0493. The molecule has 0 N–H and O–H groups in total. The Balaban J connectivity index is 1.81. The maximum atomic E-state index is 12.0. The molecule has 1 saturated heterocycles. The largest absolute Gasteiger partial charge is 0.339 e. The molecule has 23 heavy (non-hydrogen) atoms. The maximum absolute atomic E-state index is 12.0. The predicted molar refractivity (Wildman–Crippen MR) is 87.3 cm³/mol. The van der Waals surface area contributed by atoms with Crippen LogP contribution in [0.3, 0.4) is 0 Å². The summed E-state index contributed by atoms with van der Waals surface area (Å²) in [5.74, 6) is 2.08. The number of amides is 1. The quantitative estimate of drug-likeness (QED) is 0.816. The number of carbonyl (C=O) groups is 1. The lowest BCUT2D eigenvalue weighted by Gasteiger charge is -2.32. The standard InChI is InChI=1S/C17H21N5O/c1-12(2)17(23)21-9-4-14(5-10-21)15-16(20-7-6-19-15)22-11-8-18-13(22)3/h6-8,11,14H,1,4-5,9-10H2,2-3H3. The summed E-state index contributed by atoms with van der Waals surface area (Å²) in [6, 6.07) is 0. The molecule has 0 unspecified atom stereocenters. The number of nitrogens with zero attached hydrogens (tertiary/aromatic N) is 5. The highest BCUT2D eigenvalue weighted by molar-refractivity contribution is 5.92. The number of imidazole rings is 1. The molecule has 1 aliphatic heterocycles. The van der Waals surface area contributed by atoms with E-state index in [0.29, 0.717) is 11.5 Å². The van der Waals surface area contributed by atoms with Crippen LogP contribution >= 0.6 is 0 Å². The van der Waals surface area contributed by atoms with Gasteiger partial charge >= 0.3 is 0 Å². The van der Waals surface area contributed by atoms with Gasteiger partial charge in [-0.15, -0.1) is 0 Å². The Kier molecular flexibility index (Phi) is 4.23. The first-order chi connectivity index (χ1) is 11.1. The predicted octanol–water partition coefficient (Wildman–Crippen LogP) is 2.25. The number of aryl methyl sites for hydroxylation is 1. The van der Waals surface area contributed by atoms with Gasteiger partial charge < -0.3 is 4.90 Å². The molecular formula is C17H21N5O. The second-order valence-corrected chi connectivity index (χ2v) is 5.96. The van der Waals surface area contributed by atoms with Crippen LogP contribution in [0.4, 0.5) is 0 Å². The summed E-state index contributed by atoms with van der Waals surface area (Å²) in [6.45, 7) is 8.92. The van der Waals surface area contributed by atoms with E-state index in [1.807, 2.05) is 22.6 Å². The van der Waals surface area contributed by atoms with Crippen molar-refractivity contribution in [1.29, 1.82) is 0 Å². The smallest absolute Gasteiger partial charge is 0.248 e. The van der Waals surface area contributed by atoms with Crippen molar-refractivity contribution in [2.75, 3.05) is 13.1 Å². The highest BCUT2D eigenvalue weighted by atomic mass is 16.2. The molecule has 0 bridgehead atoms. The average molecular weight is 311 g/mol.